The topological polar surface area (TPSA) is 82.3 Å². The predicted molar refractivity (Wildman–Crippen MR) is 57.7 cm³/mol. The molecule has 0 radical (unpaired) electrons. The van der Waals surface area contributed by atoms with Gasteiger partial charge >= 0.3 is 0 Å². The number of ether oxygens (including phenoxy) is 1. The van der Waals surface area contributed by atoms with Crippen LogP contribution in [-0.4, -0.2) is 20.5 Å². The Bertz CT molecular complexity index is 373. The molecule has 0 bridgehead atoms. The van der Waals surface area contributed by atoms with Crippen LogP contribution in [0.4, 0.5) is 0 Å². The zero-order chi connectivity index (χ0) is 11.9. The van der Waals surface area contributed by atoms with Crippen molar-refractivity contribution in [2.75, 3.05) is 7.11 Å². The van der Waals surface area contributed by atoms with E-state index in [0.717, 1.165) is 5.56 Å². The second-order valence-corrected chi connectivity index (χ2v) is 3.99. The Morgan fingerprint density at radius 2 is 2.00 bits per heavy atom. The van der Waals surface area contributed by atoms with E-state index in [4.69, 9.17) is 9.88 Å². The molecular formula is C9H16N2O3S. The highest BCUT2D eigenvalue weighted by molar-refractivity contribution is 7.89. The molecule has 0 aliphatic carbocycles. The first-order valence-electron chi connectivity index (χ1n) is 4.50. The molecule has 0 unspecified atom stereocenters. The molecule has 0 spiro atoms. The number of primary sulfonamides is 1. The van der Waals surface area contributed by atoms with Crippen LogP contribution in [-0.2, 0) is 21.4 Å². The molecule has 0 saturated carbocycles. The Labute approximate surface area is 90.3 Å². The molecule has 5 nitrogen and oxygen atoms in total. The van der Waals surface area contributed by atoms with Crippen molar-refractivity contribution in [2.45, 2.75) is 25.5 Å². The van der Waals surface area contributed by atoms with E-state index in [2.05, 4.69) is 4.98 Å². The minimum atomic E-state index is -3.69. The Morgan fingerprint density at radius 1 is 1.40 bits per heavy atom. The van der Waals surface area contributed by atoms with Crippen LogP contribution in [0.2, 0.25) is 0 Å². The minimum absolute atomic E-state index is 0.132. The summed E-state index contributed by atoms with van der Waals surface area (Å²) in [5.74, 6) is 0. The third kappa shape index (κ3) is 4.87. The van der Waals surface area contributed by atoms with E-state index in [1.165, 1.54) is 12.3 Å². The molecule has 0 aromatic carbocycles. The molecule has 15 heavy (non-hydrogen) atoms. The van der Waals surface area contributed by atoms with Crippen molar-refractivity contribution in [1.82, 2.24) is 4.98 Å². The third-order valence-corrected chi connectivity index (χ3v) is 2.22. The fourth-order valence-corrected chi connectivity index (χ4v) is 1.29. The Hall–Kier alpha value is -0.980. The maximum atomic E-state index is 10.8. The number of hydrogen-bond acceptors (Lipinski definition) is 4. The van der Waals surface area contributed by atoms with Crippen LogP contribution >= 0.6 is 0 Å². The molecule has 0 amide bonds. The smallest absolute Gasteiger partial charge is 0.255 e. The molecule has 0 aliphatic rings. The van der Waals surface area contributed by atoms with E-state index in [1.54, 1.807) is 13.2 Å². The molecule has 0 fully saturated rings. The summed E-state index contributed by atoms with van der Waals surface area (Å²) in [7, 11) is -2.14. The first-order chi connectivity index (χ1) is 7.04. The summed E-state index contributed by atoms with van der Waals surface area (Å²) in [6, 6.07) is 2.96. The summed E-state index contributed by atoms with van der Waals surface area (Å²) in [6.45, 7) is 4.40. The van der Waals surface area contributed by atoms with Crippen LogP contribution in [0.15, 0.2) is 23.4 Å². The lowest BCUT2D eigenvalue weighted by Gasteiger charge is -1.99. The maximum absolute atomic E-state index is 10.8. The van der Waals surface area contributed by atoms with E-state index < -0.39 is 10.0 Å². The van der Waals surface area contributed by atoms with E-state index in [0.29, 0.717) is 6.61 Å². The van der Waals surface area contributed by atoms with Crippen molar-refractivity contribution in [1.29, 1.82) is 0 Å². The SMILES string of the molecule is CC.COCc1ccc(S(N)(=O)=O)nc1. The van der Waals surface area contributed by atoms with Gasteiger partial charge in [0.15, 0.2) is 5.03 Å². The molecule has 0 aliphatic heterocycles. The number of pyridine rings is 1. The fourth-order valence-electron chi connectivity index (χ4n) is 0.831. The van der Waals surface area contributed by atoms with Gasteiger partial charge in [-0.3, -0.25) is 0 Å². The quantitative estimate of drug-likeness (QED) is 0.839. The highest BCUT2D eigenvalue weighted by atomic mass is 32.2. The summed E-state index contributed by atoms with van der Waals surface area (Å²) in [4.78, 5) is 3.68. The normalized spacial score (nSPS) is 10.4. The van der Waals surface area contributed by atoms with Crippen molar-refractivity contribution in [3.63, 3.8) is 0 Å². The summed E-state index contributed by atoms with van der Waals surface area (Å²) in [5, 5.41) is 4.73. The predicted octanol–water partition coefficient (Wildman–Crippen LogP) is 0.902. The molecular weight excluding hydrogens is 216 g/mol. The summed E-state index contributed by atoms with van der Waals surface area (Å²) >= 11 is 0. The standard InChI is InChI=1S/C7H10N2O3S.C2H6/c1-12-5-6-2-3-7(9-4-6)13(8,10)11;1-2/h2-4H,5H2,1H3,(H2,8,10,11);1-2H3. The van der Waals surface area contributed by atoms with Gasteiger partial charge in [0.25, 0.3) is 10.0 Å². The average Bonchev–Trinajstić information content (AvgIpc) is 2.21. The molecule has 2 N–H and O–H groups in total. The number of aromatic nitrogens is 1. The fraction of sp³-hybridized carbons (Fsp3) is 0.444. The van der Waals surface area contributed by atoms with Gasteiger partial charge in [-0.1, -0.05) is 19.9 Å². The third-order valence-electron chi connectivity index (χ3n) is 1.40. The number of rotatable bonds is 3. The summed E-state index contributed by atoms with van der Waals surface area (Å²) in [5.41, 5.74) is 0.801. The van der Waals surface area contributed by atoms with Gasteiger partial charge in [0.1, 0.15) is 0 Å². The Morgan fingerprint density at radius 3 is 2.33 bits per heavy atom. The molecule has 6 heteroatoms. The second kappa shape index (κ2) is 6.49. The molecule has 86 valence electrons. The highest BCUT2D eigenvalue weighted by Gasteiger charge is 2.07. The molecule has 0 atom stereocenters. The Kier molecular flexibility index (Phi) is 6.07. The average molecular weight is 232 g/mol. The molecule has 1 aromatic rings. The number of sulfonamides is 1. The molecule has 1 heterocycles. The largest absolute Gasteiger partial charge is 0.380 e. The molecule has 1 rings (SSSR count). The van der Waals surface area contributed by atoms with Crippen molar-refractivity contribution in [3.8, 4) is 0 Å². The number of nitrogens with zero attached hydrogens (tertiary/aromatic N) is 1. The number of hydrogen-bond donors (Lipinski definition) is 1. The van der Waals surface area contributed by atoms with Gasteiger partial charge in [-0.15, -0.1) is 0 Å². The van der Waals surface area contributed by atoms with Gasteiger partial charge in [0, 0.05) is 13.3 Å². The Balaban J connectivity index is 0.000000921. The maximum Gasteiger partial charge on any atom is 0.255 e. The van der Waals surface area contributed by atoms with E-state index in [1.807, 2.05) is 13.8 Å². The van der Waals surface area contributed by atoms with Crippen molar-refractivity contribution < 1.29 is 13.2 Å². The van der Waals surface area contributed by atoms with E-state index in [-0.39, 0.29) is 5.03 Å². The van der Waals surface area contributed by atoms with Crippen LogP contribution < -0.4 is 5.14 Å². The van der Waals surface area contributed by atoms with Gasteiger partial charge < -0.3 is 4.74 Å². The minimum Gasteiger partial charge on any atom is -0.380 e. The van der Waals surface area contributed by atoms with Crippen LogP contribution in [0.1, 0.15) is 19.4 Å². The highest BCUT2D eigenvalue weighted by Crippen LogP contribution is 2.04. The van der Waals surface area contributed by atoms with Gasteiger partial charge in [0.2, 0.25) is 0 Å². The first kappa shape index (κ1) is 14.0. The van der Waals surface area contributed by atoms with Gasteiger partial charge in [-0.25, -0.2) is 18.5 Å². The van der Waals surface area contributed by atoms with Crippen LogP contribution in [0.5, 0.6) is 0 Å². The van der Waals surface area contributed by atoms with Crippen molar-refractivity contribution in [3.05, 3.63) is 23.9 Å². The number of nitrogens with two attached hydrogens (primary N) is 1. The van der Waals surface area contributed by atoms with E-state index >= 15 is 0 Å². The van der Waals surface area contributed by atoms with Crippen molar-refractivity contribution >= 4 is 10.0 Å². The zero-order valence-electron chi connectivity index (χ0n) is 9.10. The lowest BCUT2D eigenvalue weighted by Crippen LogP contribution is -2.13. The van der Waals surface area contributed by atoms with Crippen LogP contribution in [0.3, 0.4) is 0 Å². The lowest BCUT2D eigenvalue weighted by atomic mass is 10.3. The van der Waals surface area contributed by atoms with Crippen LogP contribution in [0.25, 0.3) is 0 Å². The van der Waals surface area contributed by atoms with E-state index in [9.17, 15) is 8.42 Å². The first-order valence-corrected chi connectivity index (χ1v) is 6.05. The molecule has 0 saturated heterocycles. The van der Waals surface area contributed by atoms with Crippen LogP contribution in [0, 0.1) is 0 Å². The summed E-state index contributed by atoms with van der Waals surface area (Å²) < 4.78 is 26.4. The second-order valence-electron chi connectivity index (χ2n) is 2.48. The lowest BCUT2D eigenvalue weighted by molar-refractivity contribution is 0.184. The zero-order valence-corrected chi connectivity index (χ0v) is 9.91. The van der Waals surface area contributed by atoms with Gasteiger partial charge in [-0.2, -0.15) is 0 Å². The van der Waals surface area contributed by atoms with Crippen molar-refractivity contribution in [2.24, 2.45) is 5.14 Å². The van der Waals surface area contributed by atoms with Gasteiger partial charge in [0.05, 0.1) is 6.61 Å². The molecule has 1 aromatic heterocycles. The number of methoxy groups -OCH3 is 1. The summed E-state index contributed by atoms with van der Waals surface area (Å²) in [6.07, 6.45) is 1.42. The monoisotopic (exact) mass is 232 g/mol. The van der Waals surface area contributed by atoms with Gasteiger partial charge in [-0.05, 0) is 11.6 Å².